The molecule has 1 atom stereocenters. The number of halogens is 2. The molecule has 1 unspecified atom stereocenters. The maximum absolute atomic E-state index is 6.35. The van der Waals surface area contributed by atoms with Gasteiger partial charge in [-0.1, -0.05) is 41.4 Å². The summed E-state index contributed by atoms with van der Waals surface area (Å²) in [4.78, 5) is 0. The van der Waals surface area contributed by atoms with E-state index in [1.54, 1.807) is 12.1 Å². The SMILES string of the molecule is Cn1nc(C(N)Cc2cc(Cl)ccc2Cl)c2ccccc21. The lowest BCUT2D eigenvalue weighted by atomic mass is 10.0. The molecule has 0 aliphatic carbocycles. The Labute approximate surface area is 133 Å². The van der Waals surface area contributed by atoms with Crippen molar-refractivity contribution in [3.05, 3.63) is 63.8 Å². The molecule has 3 aromatic rings. The largest absolute Gasteiger partial charge is 0.322 e. The number of fused-ring (bicyclic) bond motifs is 1. The summed E-state index contributed by atoms with van der Waals surface area (Å²) < 4.78 is 1.85. The molecule has 2 aromatic carbocycles. The van der Waals surface area contributed by atoms with Gasteiger partial charge in [-0.25, -0.2) is 0 Å². The van der Waals surface area contributed by atoms with E-state index in [9.17, 15) is 0 Å². The third-order valence-corrected chi connectivity index (χ3v) is 4.19. The van der Waals surface area contributed by atoms with Crippen molar-refractivity contribution in [1.29, 1.82) is 0 Å². The van der Waals surface area contributed by atoms with E-state index < -0.39 is 0 Å². The Bertz CT molecular complexity index is 795. The van der Waals surface area contributed by atoms with Crippen LogP contribution in [0.5, 0.6) is 0 Å². The second kappa shape index (κ2) is 5.68. The quantitative estimate of drug-likeness (QED) is 0.789. The van der Waals surface area contributed by atoms with Gasteiger partial charge >= 0.3 is 0 Å². The predicted molar refractivity (Wildman–Crippen MR) is 87.8 cm³/mol. The first-order chi connectivity index (χ1) is 10.1. The normalized spacial score (nSPS) is 12.8. The van der Waals surface area contributed by atoms with Gasteiger partial charge in [-0.2, -0.15) is 5.10 Å². The lowest BCUT2D eigenvalue weighted by Gasteiger charge is -2.11. The van der Waals surface area contributed by atoms with Crippen molar-refractivity contribution >= 4 is 34.1 Å². The molecular formula is C16H15Cl2N3. The molecule has 3 nitrogen and oxygen atoms in total. The Kier molecular flexibility index (Phi) is 3.89. The summed E-state index contributed by atoms with van der Waals surface area (Å²) in [5.74, 6) is 0. The zero-order chi connectivity index (χ0) is 15.0. The molecule has 0 saturated carbocycles. The van der Waals surface area contributed by atoms with Crippen LogP contribution in [-0.2, 0) is 13.5 Å². The van der Waals surface area contributed by atoms with E-state index in [0.717, 1.165) is 22.2 Å². The molecule has 2 N–H and O–H groups in total. The van der Waals surface area contributed by atoms with E-state index in [1.807, 2.05) is 42.1 Å². The highest BCUT2D eigenvalue weighted by molar-refractivity contribution is 6.33. The fourth-order valence-corrected chi connectivity index (χ4v) is 2.94. The Morgan fingerprint density at radius 1 is 1.19 bits per heavy atom. The van der Waals surface area contributed by atoms with Crippen LogP contribution in [0.1, 0.15) is 17.3 Å². The monoisotopic (exact) mass is 319 g/mol. The Hall–Kier alpha value is -1.55. The van der Waals surface area contributed by atoms with Crippen LogP contribution in [0.2, 0.25) is 10.0 Å². The third-order valence-electron chi connectivity index (χ3n) is 3.59. The topological polar surface area (TPSA) is 43.8 Å². The summed E-state index contributed by atoms with van der Waals surface area (Å²) in [5, 5.41) is 6.96. The summed E-state index contributed by atoms with van der Waals surface area (Å²) in [7, 11) is 1.92. The average Bonchev–Trinajstić information content (AvgIpc) is 2.81. The number of benzene rings is 2. The van der Waals surface area contributed by atoms with Crippen molar-refractivity contribution in [2.45, 2.75) is 12.5 Å². The molecule has 0 spiro atoms. The molecule has 0 amide bonds. The van der Waals surface area contributed by atoms with Gasteiger partial charge in [0.15, 0.2) is 0 Å². The van der Waals surface area contributed by atoms with Gasteiger partial charge in [0, 0.05) is 22.5 Å². The minimum Gasteiger partial charge on any atom is -0.322 e. The molecule has 1 aromatic heterocycles. The third kappa shape index (κ3) is 2.77. The van der Waals surface area contributed by atoms with Crippen molar-refractivity contribution in [3.8, 4) is 0 Å². The van der Waals surface area contributed by atoms with Crippen LogP contribution in [0.4, 0.5) is 0 Å². The highest BCUT2D eigenvalue weighted by Gasteiger charge is 2.17. The molecule has 0 aliphatic rings. The first kappa shape index (κ1) is 14.4. The second-order valence-corrected chi connectivity index (χ2v) is 5.92. The van der Waals surface area contributed by atoms with Gasteiger partial charge in [-0.05, 0) is 36.2 Å². The molecule has 0 fully saturated rings. The van der Waals surface area contributed by atoms with E-state index in [4.69, 9.17) is 28.9 Å². The summed E-state index contributed by atoms with van der Waals surface area (Å²) in [6, 6.07) is 13.3. The van der Waals surface area contributed by atoms with Crippen LogP contribution in [0, 0.1) is 0 Å². The smallest absolute Gasteiger partial charge is 0.0873 e. The molecule has 3 rings (SSSR count). The molecule has 0 bridgehead atoms. The van der Waals surface area contributed by atoms with Crippen LogP contribution < -0.4 is 5.73 Å². The van der Waals surface area contributed by atoms with Gasteiger partial charge in [-0.3, -0.25) is 4.68 Å². The number of aromatic nitrogens is 2. The van der Waals surface area contributed by atoms with Gasteiger partial charge in [-0.15, -0.1) is 0 Å². The van der Waals surface area contributed by atoms with Crippen molar-refractivity contribution < 1.29 is 0 Å². The van der Waals surface area contributed by atoms with Crippen LogP contribution in [-0.4, -0.2) is 9.78 Å². The average molecular weight is 320 g/mol. The Morgan fingerprint density at radius 3 is 2.76 bits per heavy atom. The van der Waals surface area contributed by atoms with Crippen molar-refractivity contribution in [3.63, 3.8) is 0 Å². The van der Waals surface area contributed by atoms with Gasteiger partial charge in [0.05, 0.1) is 17.3 Å². The van der Waals surface area contributed by atoms with Crippen LogP contribution in [0.3, 0.4) is 0 Å². The van der Waals surface area contributed by atoms with Gasteiger partial charge < -0.3 is 5.73 Å². The number of aryl methyl sites for hydroxylation is 1. The minimum atomic E-state index is -0.230. The number of hydrogen-bond acceptors (Lipinski definition) is 2. The number of nitrogens with two attached hydrogens (primary N) is 1. The maximum Gasteiger partial charge on any atom is 0.0873 e. The zero-order valence-corrected chi connectivity index (χ0v) is 13.1. The lowest BCUT2D eigenvalue weighted by Crippen LogP contribution is -2.15. The van der Waals surface area contributed by atoms with Crippen LogP contribution >= 0.6 is 23.2 Å². The highest BCUT2D eigenvalue weighted by atomic mass is 35.5. The summed E-state index contributed by atoms with van der Waals surface area (Å²) >= 11 is 12.2. The Morgan fingerprint density at radius 2 is 1.95 bits per heavy atom. The van der Waals surface area contributed by atoms with Gasteiger partial charge in [0.1, 0.15) is 0 Å². The maximum atomic E-state index is 6.35. The van der Waals surface area contributed by atoms with Gasteiger partial charge in [0.2, 0.25) is 0 Å². The molecule has 1 heterocycles. The van der Waals surface area contributed by atoms with Crippen LogP contribution in [0.25, 0.3) is 10.9 Å². The van der Waals surface area contributed by atoms with Crippen molar-refractivity contribution in [1.82, 2.24) is 9.78 Å². The zero-order valence-electron chi connectivity index (χ0n) is 11.6. The molecule has 0 radical (unpaired) electrons. The molecule has 5 heteroatoms. The summed E-state index contributed by atoms with van der Waals surface area (Å²) in [5.41, 5.74) is 9.23. The number of hydrogen-bond donors (Lipinski definition) is 1. The fourth-order valence-electron chi connectivity index (χ4n) is 2.55. The first-order valence-electron chi connectivity index (χ1n) is 6.67. The van der Waals surface area contributed by atoms with E-state index >= 15 is 0 Å². The second-order valence-electron chi connectivity index (χ2n) is 5.07. The standard InChI is InChI=1S/C16H15Cl2N3/c1-21-15-5-3-2-4-12(15)16(20-21)14(19)9-10-8-11(17)6-7-13(10)18/h2-8,14H,9,19H2,1H3. The van der Waals surface area contributed by atoms with Crippen molar-refractivity contribution in [2.24, 2.45) is 12.8 Å². The number of para-hydroxylation sites is 1. The van der Waals surface area contributed by atoms with E-state index in [2.05, 4.69) is 5.10 Å². The van der Waals surface area contributed by atoms with E-state index in [1.165, 1.54) is 0 Å². The molecule has 21 heavy (non-hydrogen) atoms. The minimum absolute atomic E-state index is 0.230. The van der Waals surface area contributed by atoms with E-state index in [-0.39, 0.29) is 6.04 Å². The molecule has 0 saturated heterocycles. The van der Waals surface area contributed by atoms with E-state index in [0.29, 0.717) is 16.5 Å². The predicted octanol–water partition coefficient (Wildman–Crippen LogP) is 4.12. The summed E-state index contributed by atoms with van der Waals surface area (Å²) in [6.07, 6.45) is 0.598. The molecule has 0 aliphatic heterocycles. The van der Waals surface area contributed by atoms with Gasteiger partial charge in [0.25, 0.3) is 0 Å². The van der Waals surface area contributed by atoms with Crippen molar-refractivity contribution in [2.75, 3.05) is 0 Å². The molecular weight excluding hydrogens is 305 g/mol. The Balaban J connectivity index is 1.97. The lowest BCUT2D eigenvalue weighted by molar-refractivity contribution is 0.665. The number of rotatable bonds is 3. The first-order valence-corrected chi connectivity index (χ1v) is 7.43. The molecule has 108 valence electrons. The fraction of sp³-hybridized carbons (Fsp3) is 0.188. The highest BCUT2D eigenvalue weighted by Crippen LogP contribution is 2.28. The van der Waals surface area contributed by atoms with Crippen LogP contribution in [0.15, 0.2) is 42.5 Å². The summed E-state index contributed by atoms with van der Waals surface area (Å²) in [6.45, 7) is 0. The number of nitrogens with zero attached hydrogens (tertiary/aromatic N) is 2.